The molecule has 0 aliphatic carbocycles. The maximum atomic E-state index is 10.2. The summed E-state index contributed by atoms with van der Waals surface area (Å²) in [4.78, 5) is 14.0. The number of nitrogens with two attached hydrogens (primary N) is 3. The summed E-state index contributed by atoms with van der Waals surface area (Å²) in [6.45, 7) is 15.0. The van der Waals surface area contributed by atoms with Gasteiger partial charge in [0.2, 0.25) is 5.88 Å². The molecular formula is C38H55N9O3. The van der Waals surface area contributed by atoms with Crippen molar-refractivity contribution in [2.24, 2.45) is 29.0 Å². The van der Waals surface area contributed by atoms with Crippen molar-refractivity contribution < 1.29 is 14.4 Å². The minimum atomic E-state index is 0.115. The minimum Gasteiger partial charge on any atom is -0.507 e. The molecule has 3 saturated heterocycles. The molecular weight excluding hydrogens is 630 g/mol. The van der Waals surface area contributed by atoms with Gasteiger partial charge in [0.05, 0.1) is 5.70 Å². The highest BCUT2D eigenvalue weighted by atomic mass is 16.5. The van der Waals surface area contributed by atoms with Gasteiger partial charge in [0.15, 0.2) is 5.82 Å². The Bertz CT molecular complexity index is 1610. The molecule has 3 aliphatic heterocycles. The van der Waals surface area contributed by atoms with Crippen molar-refractivity contribution in [3.05, 3.63) is 77.6 Å². The highest BCUT2D eigenvalue weighted by Crippen LogP contribution is 2.31. The van der Waals surface area contributed by atoms with Gasteiger partial charge in [-0.2, -0.15) is 0 Å². The second kappa shape index (κ2) is 16.0. The van der Waals surface area contributed by atoms with E-state index in [2.05, 4.69) is 62.6 Å². The van der Waals surface area contributed by atoms with Gasteiger partial charge < -0.3 is 51.2 Å². The Kier molecular flexibility index (Phi) is 11.3. The number of anilines is 2. The molecule has 6 rings (SSSR count). The second-order valence-corrected chi connectivity index (χ2v) is 14.5. The summed E-state index contributed by atoms with van der Waals surface area (Å²) in [5.74, 6) is 4.60. The lowest BCUT2D eigenvalue weighted by Gasteiger charge is -2.38. The maximum Gasteiger partial charge on any atom is 0.215 e. The van der Waals surface area contributed by atoms with Crippen molar-refractivity contribution in [3.63, 3.8) is 0 Å². The van der Waals surface area contributed by atoms with E-state index in [9.17, 15) is 5.11 Å². The van der Waals surface area contributed by atoms with Crippen LogP contribution in [-0.2, 0) is 0 Å². The number of nitrogens with zero attached hydrogens (tertiary/aromatic N) is 6. The molecule has 0 saturated carbocycles. The van der Waals surface area contributed by atoms with Crippen molar-refractivity contribution in [3.8, 4) is 11.6 Å². The van der Waals surface area contributed by atoms with Crippen LogP contribution in [0, 0.1) is 11.8 Å². The van der Waals surface area contributed by atoms with E-state index in [1.54, 1.807) is 24.3 Å². The normalized spacial score (nSPS) is 19.2. The van der Waals surface area contributed by atoms with Crippen LogP contribution in [0.15, 0.2) is 70.8 Å². The summed E-state index contributed by atoms with van der Waals surface area (Å²) in [5.41, 5.74) is 21.2. The van der Waals surface area contributed by atoms with Crippen molar-refractivity contribution in [2.45, 2.75) is 58.5 Å². The first-order chi connectivity index (χ1) is 24.1. The Balaban J connectivity index is 0.940. The van der Waals surface area contributed by atoms with Gasteiger partial charge in [-0.15, -0.1) is 0 Å². The Labute approximate surface area is 296 Å². The summed E-state index contributed by atoms with van der Waals surface area (Å²) in [5, 5.41) is 14.6. The van der Waals surface area contributed by atoms with Gasteiger partial charge in [0.25, 0.3) is 0 Å². The van der Waals surface area contributed by atoms with E-state index < -0.39 is 0 Å². The Hall–Kier alpha value is -4.58. The minimum absolute atomic E-state index is 0.115. The highest BCUT2D eigenvalue weighted by molar-refractivity contribution is 5.70. The first-order valence-electron chi connectivity index (χ1n) is 18.2. The number of benzene rings is 1. The monoisotopic (exact) mass is 685 g/mol. The first-order valence-corrected chi connectivity index (χ1v) is 18.2. The van der Waals surface area contributed by atoms with Crippen molar-refractivity contribution in [1.29, 1.82) is 0 Å². The summed E-state index contributed by atoms with van der Waals surface area (Å²) in [7, 11) is 0. The molecule has 1 unspecified atom stereocenters. The smallest absolute Gasteiger partial charge is 0.215 e. The van der Waals surface area contributed by atoms with Gasteiger partial charge >= 0.3 is 0 Å². The van der Waals surface area contributed by atoms with Crippen LogP contribution in [0.5, 0.6) is 11.6 Å². The summed E-state index contributed by atoms with van der Waals surface area (Å²) >= 11 is 0. The number of aromatic nitrogens is 2. The van der Waals surface area contributed by atoms with Crippen LogP contribution in [0.3, 0.4) is 0 Å². The topological polar surface area (TPSA) is 159 Å². The van der Waals surface area contributed by atoms with E-state index >= 15 is 0 Å². The molecule has 3 fully saturated rings. The van der Waals surface area contributed by atoms with Crippen LogP contribution in [0.2, 0.25) is 0 Å². The molecule has 0 spiro atoms. The number of para-hydroxylation sites is 1. The molecule has 1 atom stereocenters. The molecule has 0 radical (unpaired) electrons. The van der Waals surface area contributed by atoms with Gasteiger partial charge in [0, 0.05) is 100 Å². The molecule has 2 aromatic heterocycles. The highest BCUT2D eigenvalue weighted by Gasteiger charge is 2.28. The number of rotatable bonds is 11. The molecule has 270 valence electrons. The average molecular weight is 686 g/mol. The number of likely N-dealkylation sites (tertiary alicyclic amines) is 1. The molecule has 12 heteroatoms. The number of piperazine rings is 1. The van der Waals surface area contributed by atoms with Crippen molar-refractivity contribution >= 4 is 17.2 Å². The van der Waals surface area contributed by atoms with E-state index in [1.807, 2.05) is 18.3 Å². The number of phenolic OH excluding ortho intramolecular Hbond substituents is 1. The van der Waals surface area contributed by atoms with E-state index in [0.717, 1.165) is 75.9 Å². The lowest BCUT2D eigenvalue weighted by atomic mass is 9.94. The van der Waals surface area contributed by atoms with Crippen LogP contribution in [-0.4, -0.2) is 90.1 Å². The number of hydrogen-bond acceptors (Lipinski definition) is 12. The van der Waals surface area contributed by atoms with Gasteiger partial charge in [-0.1, -0.05) is 38.1 Å². The maximum absolute atomic E-state index is 10.2. The van der Waals surface area contributed by atoms with Crippen LogP contribution in [0.1, 0.15) is 63.7 Å². The van der Waals surface area contributed by atoms with E-state index in [-0.39, 0.29) is 17.7 Å². The number of pyridine rings is 1. The lowest BCUT2D eigenvalue weighted by Crippen LogP contribution is -2.46. The fourth-order valence-corrected chi connectivity index (χ4v) is 7.23. The Morgan fingerprint density at radius 3 is 2.32 bits per heavy atom. The largest absolute Gasteiger partial charge is 0.507 e. The molecule has 0 amide bonds. The third-order valence-corrected chi connectivity index (χ3v) is 10.7. The third-order valence-electron chi connectivity index (χ3n) is 10.7. The summed E-state index contributed by atoms with van der Waals surface area (Å²) < 4.78 is 12.1. The zero-order valence-electron chi connectivity index (χ0n) is 29.9. The number of ether oxygens (including phenoxy) is 1. The fraction of sp³-hybridized carbons (Fsp3) is 0.526. The predicted octanol–water partition coefficient (Wildman–Crippen LogP) is 4.50. The molecule has 0 bridgehead atoms. The molecule has 12 nitrogen and oxygen atoms in total. The second-order valence-electron chi connectivity index (χ2n) is 14.5. The molecule has 7 N–H and O–H groups in total. The van der Waals surface area contributed by atoms with Crippen LogP contribution >= 0.6 is 0 Å². The predicted molar refractivity (Wildman–Crippen MR) is 198 cm³/mol. The Morgan fingerprint density at radius 1 is 0.920 bits per heavy atom. The average Bonchev–Trinajstić information content (AvgIpc) is 3.62. The van der Waals surface area contributed by atoms with Gasteiger partial charge in [-0.25, -0.2) is 4.98 Å². The van der Waals surface area contributed by atoms with Gasteiger partial charge in [0.1, 0.15) is 23.4 Å². The first kappa shape index (κ1) is 35.3. The zero-order valence-corrected chi connectivity index (χ0v) is 29.9. The molecule has 3 aliphatic rings. The fourth-order valence-electron chi connectivity index (χ4n) is 7.23. The molecule has 1 aromatic carbocycles. The lowest BCUT2D eigenvalue weighted by molar-refractivity contribution is 0.0850. The molecule has 5 heterocycles. The van der Waals surface area contributed by atoms with E-state index in [1.165, 1.54) is 12.8 Å². The van der Waals surface area contributed by atoms with E-state index in [0.29, 0.717) is 53.7 Å². The summed E-state index contributed by atoms with van der Waals surface area (Å²) in [6.07, 6.45) is 8.13. The molecule has 3 aromatic rings. The van der Waals surface area contributed by atoms with Crippen molar-refractivity contribution in [2.75, 3.05) is 68.7 Å². The zero-order chi connectivity index (χ0) is 35.2. The quantitative estimate of drug-likeness (QED) is 0.210. The standard InChI is InChI=1S/C38H55N9O3/c1-26(2)27(3)35-24-36(43-50-35)47-16-9-28(10-17-47)25-44-14-11-30(12-15-44)49-37-22-29(8-13-42-37)45-18-20-46(21-19-45)33(38(40)41)23-32(39)31-6-4-5-7-34(31)48/h4-8,13,22-24,26-28,30,48H,9-12,14-21,25,39-41H2,1-3H3/b32-23-. The van der Waals surface area contributed by atoms with Crippen molar-refractivity contribution in [1.82, 2.24) is 19.9 Å². The number of allylic oxidation sites excluding steroid dienone is 1. The van der Waals surface area contributed by atoms with E-state index in [4.69, 9.17) is 26.5 Å². The van der Waals surface area contributed by atoms with Crippen LogP contribution in [0.4, 0.5) is 11.5 Å². The van der Waals surface area contributed by atoms with Gasteiger partial charge in [-0.05, 0) is 61.8 Å². The summed E-state index contributed by atoms with van der Waals surface area (Å²) in [6, 6.07) is 13.2. The SMILES string of the molecule is CC(C)C(C)c1cc(N2CCC(CN3CCC(Oc4cc(N5CCN(C(/C=C(\N)c6ccccc6O)=C(N)N)CC5)ccn4)CC3)CC2)no1. The van der Waals surface area contributed by atoms with Gasteiger partial charge in [-0.3, -0.25) is 0 Å². The number of aromatic hydroxyl groups is 1. The third kappa shape index (κ3) is 8.58. The number of hydrogen-bond donors (Lipinski definition) is 4. The number of phenols is 1. The molecule has 50 heavy (non-hydrogen) atoms. The number of piperidine rings is 2. The Morgan fingerprint density at radius 2 is 1.64 bits per heavy atom. The van der Waals surface area contributed by atoms with Crippen LogP contribution in [0.25, 0.3) is 5.70 Å². The van der Waals surface area contributed by atoms with Crippen LogP contribution < -0.4 is 31.7 Å².